The molecule has 1 amide bonds. The van der Waals surface area contributed by atoms with E-state index in [1.54, 1.807) is 14.2 Å². The molecule has 4 atom stereocenters. The molecule has 0 saturated carbocycles. The molecule has 0 unspecified atom stereocenters. The molecule has 1 N–H and O–H groups in total. The van der Waals surface area contributed by atoms with Gasteiger partial charge in [-0.15, -0.1) is 0 Å². The van der Waals surface area contributed by atoms with E-state index in [-0.39, 0.29) is 23.8 Å². The van der Waals surface area contributed by atoms with Crippen LogP contribution >= 0.6 is 0 Å². The van der Waals surface area contributed by atoms with E-state index in [0.717, 1.165) is 42.9 Å². The van der Waals surface area contributed by atoms with Crippen molar-refractivity contribution in [3.05, 3.63) is 35.6 Å². The van der Waals surface area contributed by atoms with Crippen molar-refractivity contribution in [2.75, 3.05) is 39.7 Å². The molecule has 1 aromatic carbocycles. The number of methoxy groups -OCH3 is 3. The van der Waals surface area contributed by atoms with Crippen molar-refractivity contribution in [1.82, 2.24) is 4.90 Å². The van der Waals surface area contributed by atoms with Crippen LogP contribution < -0.4 is 10.1 Å². The minimum Gasteiger partial charge on any atom is -0.504 e. The van der Waals surface area contributed by atoms with Gasteiger partial charge in [0.2, 0.25) is 5.91 Å². The number of hydrogen-bond acceptors (Lipinski definition) is 6. The zero-order valence-electron chi connectivity index (χ0n) is 18.1. The highest BCUT2D eigenvalue weighted by molar-refractivity contribution is 6.08. The van der Waals surface area contributed by atoms with Crippen LogP contribution in [-0.4, -0.2) is 57.2 Å². The molecule has 0 bridgehead atoms. The van der Waals surface area contributed by atoms with Gasteiger partial charge in [-0.2, -0.15) is 0 Å². The lowest BCUT2D eigenvalue weighted by Crippen LogP contribution is -2.53. The standard InChI is InChI=1S/C23H30N2O5/c1-5-14-12-25-10-9-23(19(25)11-15(14)16(13-28-2)21(26)30-4)20-17(24-22(23)27)7-6-8-18(20)29-3/h6-8,13-15,19H,5,9-12H2,1-4H3,(H,24,27)/b16-13-/t14-,15+,19+,23+/m1/s1. The molecule has 30 heavy (non-hydrogen) atoms. The SMILES string of the molecule is CC[C@@H]1CN2CC[C@]3(C(=O)Nc4cccc(OC)c43)[C@@H]2C[C@@H]1/C(=C/OC)C(=O)OC. The van der Waals surface area contributed by atoms with Crippen molar-refractivity contribution in [2.45, 2.75) is 37.6 Å². The van der Waals surface area contributed by atoms with Gasteiger partial charge in [-0.05, 0) is 43.4 Å². The van der Waals surface area contributed by atoms with Gasteiger partial charge in [0.1, 0.15) is 5.75 Å². The van der Waals surface area contributed by atoms with Gasteiger partial charge >= 0.3 is 5.97 Å². The Labute approximate surface area is 177 Å². The van der Waals surface area contributed by atoms with E-state index in [4.69, 9.17) is 14.2 Å². The molecule has 3 heterocycles. The lowest BCUT2D eigenvalue weighted by Gasteiger charge is -2.45. The molecule has 2 saturated heterocycles. The van der Waals surface area contributed by atoms with Crippen LogP contribution in [0.1, 0.15) is 31.7 Å². The highest BCUT2D eigenvalue weighted by atomic mass is 16.5. The van der Waals surface area contributed by atoms with Crippen molar-refractivity contribution in [2.24, 2.45) is 11.8 Å². The highest BCUT2D eigenvalue weighted by Gasteiger charge is 2.61. The first-order chi connectivity index (χ1) is 14.5. The molecule has 3 aliphatic heterocycles. The fourth-order valence-corrected chi connectivity index (χ4v) is 5.88. The normalized spacial score (nSPS) is 30.6. The fraction of sp³-hybridized carbons (Fsp3) is 0.565. The predicted molar refractivity (Wildman–Crippen MR) is 112 cm³/mol. The second-order valence-electron chi connectivity index (χ2n) is 8.38. The number of carbonyl (C=O) groups excluding carboxylic acids is 2. The van der Waals surface area contributed by atoms with E-state index in [1.165, 1.54) is 13.4 Å². The molecule has 1 spiro atoms. The maximum absolute atomic E-state index is 13.4. The molecule has 7 heteroatoms. The van der Waals surface area contributed by atoms with Crippen LogP contribution in [0.4, 0.5) is 5.69 Å². The molecule has 2 fully saturated rings. The Balaban J connectivity index is 1.78. The predicted octanol–water partition coefficient (Wildman–Crippen LogP) is 2.71. The van der Waals surface area contributed by atoms with E-state index < -0.39 is 5.41 Å². The topological polar surface area (TPSA) is 77.1 Å². The van der Waals surface area contributed by atoms with Crippen LogP contribution in [0.3, 0.4) is 0 Å². The van der Waals surface area contributed by atoms with Gasteiger partial charge < -0.3 is 19.5 Å². The number of esters is 1. The molecule has 4 rings (SSSR count). The molecular weight excluding hydrogens is 384 g/mol. The average Bonchev–Trinajstić information content (AvgIpc) is 3.28. The number of rotatable bonds is 5. The summed E-state index contributed by atoms with van der Waals surface area (Å²) in [7, 11) is 4.58. The van der Waals surface area contributed by atoms with Crippen molar-refractivity contribution < 1.29 is 23.8 Å². The quantitative estimate of drug-likeness (QED) is 0.454. The first kappa shape index (κ1) is 20.7. The third-order valence-electron chi connectivity index (χ3n) is 7.25. The summed E-state index contributed by atoms with van der Waals surface area (Å²) >= 11 is 0. The Morgan fingerprint density at radius 3 is 2.80 bits per heavy atom. The van der Waals surface area contributed by atoms with E-state index in [0.29, 0.717) is 17.9 Å². The lowest BCUT2D eigenvalue weighted by atomic mass is 9.67. The molecule has 162 valence electrons. The van der Waals surface area contributed by atoms with E-state index in [1.807, 2.05) is 18.2 Å². The molecule has 7 nitrogen and oxygen atoms in total. The first-order valence-corrected chi connectivity index (χ1v) is 10.6. The lowest BCUT2D eigenvalue weighted by molar-refractivity contribution is -0.137. The van der Waals surface area contributed by atoms with Gasteiger partial charge in [0.05, 0.1) is 38.6 Å². The van der Waals surface area contributed by atoms with Crippen LogP contribution in [0.25, 0.3) is 0 Å². The summed E-state index contributed by atoms with van der Waals surface area (Å²) in [6.07, 6.45) is 3.88. The largest absolute Gasteiger partial charge is 0.504 e. The Hall–Kier alpha value is -2.54. The smallest absolute Gasteiger partial charge is 0.337 e. The van der Waals surface area contributed by atoms with Crippen LogP contribution in [0, 0.1) is 11.8 Å². The number of amides is 1. The summed E-state index contributed by atoms with van der Waals surface area (Å²) in [5.41, 5.74) is 1.66. The van der Waals surface area contributed by atoms with Gasteiger partial charge in [-0.25, -0.2) is 4.79 Å². The second kappa shape index (κ2) is 7.95. The molecule has 1 aromatic rings. The fourth-order valence-electron chi connectivity index (χ4n) is 5.88. The van der Waals surface area contributed by atoms with Gasteiger partial charge in [0, 0.05) is 23.8 Å². The maximum atomic E-state index is 13.4. The Morgan fingerprint density at radius 2 is 2.13 bits per heavy atom. The Bertz CT molecular complexity index is 882. The van der Waals surface area contributed by atoms with Crippen LogP contribution in [-0.2, 0) is 24.5 Å². The summed E-state index contributed by atoms with van der Waals surface area (Å²) < 4.78 is 16.0. The van der Waals surface area contributed by atoms with Crippen LogP contribution in [0.5, 0.6) is 5.75 Å². The summed E-state index contributed by atoms with van der Waals surface area (Å²) in [5.74, 6) is 0.652. The maximum Gasteiger partial charge on any atom is 0.337 e. The van der Waals surface area contributed by atoms with Crippen LogP contribution in [0.2, 0.25) is 0 Å². The Morgan fingerprint density at radius 1 is 1.33 bits per heavy atom. The molecule has 0 aliphatic carbocycles. The molecule has 3 aliphatic rings. The summed E-state index contributed by atoms with van der Waals surface area (Å²) in [4.78, 5) is 28.4. The third-order valence-corrected chi connectivity index (χ3v) is 7.25. The summed E-state index contributed by atoms with van der Waals surface area (Å²) in [5, 5.41) is 3.09. The summed E-state index contributed by atoms with van der Waals surface area (Å²) in [6.45, 7) is 3.83. The van der Waals surface area contributed by atoms with Crippen LogP contribution in [0.15, 0.2) is 30.0 Å². The minimum absolute atomic E-state index is 0.0206. The average molecular weight is 415 g/mol. The number of fused-ring (bicyclic) bond motifs is 4. The molecule has 0 radical (unpaired) electrons. The number of nitrogens with one attached hydrogen (secondary N) is 1. The number of carbonyl (C=O) groups is 2. The number of benzene rings is 1. The second-order valence-corrected chi connectivity index (χ2v) is 8.38. The Kier molecular flexibility index (Phi) is 5.49. The van der Waals surface area contributed by atoms with Gasteiger partial charge in [-0.1, -0.05) is 19.4 Å². The highest BCUT2D eigenvalue weighted by Crippen LogP contribution is 2.55. The monoisotopic (exact) mass is 414 g/mol. The van der Waals surface area contributed by atoms with Crippen molar-refractivity contribution in [3.8, 4) is 5.75 Å². The van der Waals surface area contributed by atoms with Gasteiger partial charge in [0.25, 0.3) is 0 Å². The molecule has 0 aromatic heterocycles. The number of ether oxygens (including phenoxy) is 3. The van der Waals surface area contributed by atoms with E-state index in [9.17, 15) is 9.59 Å². The third kappa shape index (κ3) is 2.90. The van der Waals surface area contributed by atoms with Gasteiger partial charge in [-0.3, -0.25) is 9.69 Å². The zero-order valence-corrected chi connectivity index (χ0v) is 18.1. The van der Waals surface area contributed by atoms with Gasteiger partial charge in [0.15, 0.2) is 0 Å². The summed E-state index contributed by atoms with van der Waals surface area (Å²) in [6, 6.07) is 5.74. The van der Waals surface area contributed by atoms with Crippen molar-refractivity contribution in [1.29, 1.82) is 0 Å². The zero-order chi connectivity index (χ0) is 21.5. The van der Waals surface area contributed by atoms with E-state index >= 15 is 0 Å². The van der Waals surface area contributed by atoms with Crippen molar-refractivity contribution in [3.63, 3.8) is 0 Å². The number of piperidine rings is 1. The number of anilines is 1. The number of nitrogens with zero attached hydrogens (tertiary/aromatic N) is 1. The molecular formula is C23H30N2O5. The first-order valence-electron chi connectivity index (χ1n) is 10.6. The van der Waals surface area contributed by atoms with Crippen molar-refractivity contribution >= 4 is 17.6 Å². The number of hydrogen-bond donors (Lipinski definition) is 1. The van der Waals surface area contributed by atoms with E-state index in [2.05, 4.69) is 17.1 Å². The minimum atomic E-state index is -0.673.